The summed E-state index contributed by atoms with van der Waals surface area (Å²) in [6, 6.07) is 5.43. The van der Waals surface area contributed by atoms with Gasteiger partial charge in [-0.3, -0.25) is 4.79 Å². The lowest BCUT2D eigenvalue weighted by Gasteiger charge is -2.23. The second-order valence-electron chi connectivity index (χ2n) is 8.76. The summed E-state index contributed by atoms with van der Waals surface area (Å²) in [6.45, 7) is 6.13. The van der Waals surface area contributed by atoms with Crippen molar-refractivity contribution >= 4 is 23.4 Å². The highest BCUT2D eigenvalue weighted by Gasteiger charge is 2.42. The molecule has 0 spiro atoms. The third-order valence-corrected chi connectivity index (χ3v) is 4.73. The summed E-state index contributed by atoms with van der Waals surface area (Å²) in [5.74, 6) is -0.0628. The Morgan fingerprint density at radius 3 is 2.46 bits per heavy atom. The molecule has 7 heteroatoms. The highest BCUT2D eigenvalue weighted by Crippen LogP contribution is 2.45. The molecule has 1 aliphatic rings. The van der Waals surface area contributed by atoms with Gasteiger partial charge in [-0.2, -0.15) is 0 Å². The standard InChI is InChI=1S/C21H34N4O3/c1-20(2,3)28-19(27)23-14-7-6-11-21(12-13-21)24-17-15(18(26)25(4)5)9-8-10-16(17)22/h8-10,24H,6-7,11-14,22H2,1-5H3,(H,23,27). The van der Waals surface area contributed by atoms with Gasteiger partial charge in [0, 0.05) is 26.2 Å². The maximum atomic E-state index is 12.5. The first-order chi connectivity index (χ1) is 13.0. The second-order valence-corrected chi connectivity index (χ2v) is 8.76. The average molecular weight is 391 g/mol. The fraction of sp³-hybridized carbons (Fsp3) is 0.619. The van der Waals surface area contributed by atoms with Crippen molar-refractivity contribution in [3.05, 3.63) is 23.8 Å². The number of unbranched alkanes of at least 4 members (excludes halogenated alkanes) is 1. The van der Waals surface area contributed by atoms with E-state index in [9.17, 15) is 9.59 Å². The Hall–Kier alpha value is -2.44. The molecule has 28 heavy (non-hydrogen) atoms. The molecule has 0 unspecified atom stereocenters. The summed E-state index contributed by atoms with van der Waals surface area (Å²) in [6.07, 6.45) is 4.53. The van der Waals surface area contributed by atoms with Crippen LogP contribution in [-0.4, -0.2) is 48.7 Å². The number of alkyl carbamates (subject to hydrolysis) is 1. The van der Waals surface area contributed by atoms with Crippen LogP contribution in [0.3, 0.4) is 0 Å². The van der Waals surface area contributed by atoms with Crippen LogP contribution in [0.5, 0.6) is 0 Å². The van der Waals surface area contributed by atoms with Crippen LogP contribution in [0.2, 0.25) is 0 Å². The lowest BCUT2D eigenvalue weighted by atomic mass is 10.0. The normalized spacial score (nSPS) is 14.9. The smallest absolute Gasteiger partial charge is 0.407 e. The molecule has 2 amide bonds. The van der Waals surface area contributed by atoms with Crippen LogP contribution in [0.1, 0.15) is 63.2 Å². The first kappa shape index (κ1) is 21.9. The van der Waals surface area contributed by atoms with Crippen molar-refractivity contribution in [2.24, 2.45) is 0 Å². The summed E-state index contributed by atoms with van der Waals surface area (Å²) in [5, 5.41) is 6.34. The van der Waals surface area contributed by atoms with Crippen molar-refractivity contribution in [2.75, 3.05) is 31.7 Å². The second kappa shape index (κ2) is 8.71. The number of nitrogens with two attached hydrogens (primary N) is 1. The van der Waals surface area contributed by atoms with Gasteiger partial charge in [-0.25, -0.2) is 4.79 Å². The van der Waals surface area contributed by atoms with Gasteiger partial charge in [-0.15, -0.1) is 0 Å². The first-order valence-corrected chi connectivity index (χ1v) is 9.88. The zero-order valence-corrected chi connectivity index (χ0v) is 17.7. The number of amides is 2. The number of ether oxygens (including phenoxy) is 1. The predicted octanol–water partition coefficient (Wildman–Crippen LogP) is 3.61. The van der Waals surface area contributed by atoms with E-state index < -0.39 is 5.60 Å². The van der Waals surface area contributed by atoms with Crippen LogP contribution >= 0.6 is 0 Å². The minimum absolute atomic E-state index is 0.0112. The van der Waals surface area contributed by atoms with E-state index in [1.165, 1.54) is 0 Å². The maximum absolute atomic E-state index is 12.5. The third kappa shape index (κ3) is 6.32. The zero-order chi connectivity index (χ0) is 20.9. The van der Waals surface area contributed by atoms with Crippen LogP contribution in [0.15, 0.2) is 18.2 Å². The van der Waals surface area contributed by atoms with Gasteiger partial charge < -0.3 is 26.0 Å². The molecular formula is C21H34N4O3. The number of anilines is 2. The molecule has 2 rings (SSSR count). The minimum Gasteiger partial charge on any atom is -0.444 e. The van der Waals surface area contributed by atoms with Crippen LogP contribution < -0.4 is 16.4 Å². The molecule has 0 aliphatic heterocycles. The third-order valence-electron chi connectivity index (χ3n) is 4.73. The summed E-state index contributed by atoms with van der Waals surface area (Å²) in [7, 11) is 3.47. The molecule has 1 aromatic rings. The monoisotopic (exact) mass is 390 g/mol. The van der Waals surface area contributed by atoms with Gasteiger partial charge in [-0.1, -0.05) is 6.07 Å². The number of nitrogens with zero attached hydrogens (tertiary/aromatic N) is 1. The largest absolute Gasteiger partial charge is 0.444 e. The molecule has 1 fully saturated rings. The van der Waals surface area contributed by atoms with E-state index in [0.29, 0.717) is 17.8 Å². The molecule has 0 heterocycles. The van der Waals surface area contributed by atoms with Gasteiger partial charge in [0.05, 0.1) is 16.9 Å². The van der Waals surface area contributed by atoms with E-state index in [4.69, 9.17) is 10.5 Å². The molecule has 0 saturated heterocycles. The molecule has 0 atom stereocenters. The highest BCUT2D eigenvalue weighted by atomic mass is 16.6. The van der Waals surface area contributed by atoms with Crippen LogP contribution in [0.25, 0.3) is 0 Å². The molecule has 0 radical (unpaired) electrons. The van der Waals surface area contributed by atoms with Gasteiger partial charge in [0.15, 0.2) is 0 Å². The van der Waals surface area contributed by atoms with E-state index in [0.717, 1.165) is 37.8 Å². The van der Waals surface area contributed by atoms with E-state index in [1.807, 2.05) is 32.9 Å². The Morgan fingerprint density at radius 2 is 1.89 bits per heavy atom. The number of nitrogen functional groups attached to an aromatic ring is 1. The van der Waals surface area contributed by atoms with Crippen LogP contribution in [-0.2, 0) is 4.74 Å². The Balaban J connectivity index is 1.86. The Labute approximate surface area is 168 Å². The van der Waals surface area contributed by atoms with E-state index in [1.54, 1.807) is 25.1 Å². The highest BCUT2D eigenvalue weighted by molar-refractivity contribution is 6.02. The number of nitrogens with one attached hydrogen (secondary N) is 2. The fourth-order valence-electron chi connectivity index (χ4n) is 3.08. The molecular weight excluding hydrogens is 356 g/mol. The first-order valence-electron chi connectivity index (χ1n) is 9.88. The maximum Gasteiger partial charge on any atom is 0.407 e. The van der Waals surface area contributed by atoms with Crippen molar-refractivity contribution in [3.8, 4) is 0 Å². The minimum atomic E-state index is -0.483. The molecule has 0 aromatic heterocycles. The molecule has 0 bridgehead atoms. The lowest BCUT2D eigenvalue weighted by Crippen LogP contribution is -2.33. The Kier molecular flexibility index (Phi) is 6.80. The van der Waals surface area contributed by atoms with Crippen molar-refractivity contribution < 1.29 is 14.3 Å². The number of hydrogen-bond acceptors (Lipinski definition) is 5. The van der Waals surface area contributed by atoms with Gasteiger partial charge in [0.1, 0.15) is 5.60 Å². The number of carbonyl (C=O) groups excluding carboxylic acids is 2. The molecule has 1 aromatic carbocycles. The van der Waals surface area contributed by atoms with E-state index >= 15 is 0 Å². The van der Waals surface area contributed by atoms with Gasteiger partial charge >= 0.3 is 6.09 Å². The van der Waals surface area contributed by atoms with Crippen molar-refractivity contribution in [1.29, 1.82) is 0 Å². The van der Waals surface area contributed by atoms with Crippen molar-refractivity contribution in [3.63, 3.8) is 0 Å². The summed E-state index contributed by atoms with van der Waals surface area (Å²) < 4.78 is 5.23. The molecule has 1 aliphatic carbocycles. The average Bonchev–Trinajstić information content (AvgIpc) is 3.34. The summed E-state index contributed by atoms with van der Waals surface area (Å²) >= 11 is 0. The zero-order valence-electron chi connectivity index (χ0n) is 17.7. The number of rotatable bonds is 8. The number of hydrogen-bond donors (Lipinski definition) is 3. The number of benzene rings is 1. The van der Waals surface area contributed by atoms with Gasteiger partial charge in [-0.05, 0) is 65.0 Å². The van der Waals surface area contributed by atoms with Crippen molar-refractivity contribution in [1.82, 2.24) is 10.2 Å². The van der Waals surface area contributed by atoms with Crippen molar-refractivity contribution in [2.45, 2.75) is 64.0 Å². The fourth-order valence-corrected chi connectivity index (χ4v) is 3.08. The van der Waals surface area contributed by atoms with Gasteiger partial charge in [0.2, 0.25) is 0 Å². The summed E-state index contributed by atoms with van der Waals surface area (Å²) in [5.41, 5.74) is 7.58. The number of carbonyl (C=O) groups is 2. The number of para-hydroxylation sites is 1. The summed E-state index contributed by atoms with van der Waals surface area (Å²) in [4.78, 5) is 25.7. The Morgan fingerprint density at radius 1 is 1.21 bits per heavy atom. The van der Waals surface area contributed by atoms with Gasteiger partial charge in [0.25, 0.3) is 5.91 Å². The SMILES string of the molecule is CN(C)C(=O)c1cccc(N)c1NC1(CCCCNC(=O)OC(C)(C)C)CC1. The molecule has 7 nitrogen and oxygen atoms in total. The topological polar surface area (TPSA) is 96.7 Å². The molecule has 156 valence electrons. The van der Waals surface area contributed by atoms with E-state index in [-0.39, 0.29) is 17.5 Å². The quantitative estimate of drug-likeness (QED) is 0.465. The molecule has 1 saturated carbocycles. The van der Waals surface area contributed by atoms with Crippen LogP contribution in [0, 0.1) is 0 Å². The molecule has 4 N–H and O–H groups in total. The Bertz CT molecular complexity index is 706. The lowest BCUT2D eigenvalue weighted by molar-refractivity contribution is 0.0526. The predicted molar refractivity (Wildman–Crippen MR) is 113 cm³/mol. The van der Waals surface area contributed by atoms with E-state index in [2.05, 4.69) is 10.6 Å². The van der Waals surface area contributed by atoms with Crippen LogP contribution in [0.4, 0.5) is 16.2 Å².